The SMILES string of the molecule is Cc1cnc(N)n1Cc1cn(C)nc1C(C)(C)C. The largest absolute Gasteiger partial charge is 0.369 e. The monoisotopic (exact) mass is 247 g/mol. The fraction of sp³-hybridized carbons (Fsp3) is 0.538. The number of hydrogen-bond donors (Lipinski definition) is 1. The summed E-state index contributed by atoms with van der Waals surface area (Å²) >= 11 is 0. The molecule has 0 saturated carbocycles. The first-order valence-electron chi connectivity index (χ1n) is 6.09. The second-order valence-electron chi connectivity index (χ2n) is 5.77. The van der Waals surface area contributed by atoms with Crippen LogP contribution in [0, 0.1) is 6.92 Å². The van der Waals surface area contributed by atoms with Crippen molar-refractivity contribution in [3.8, 4) is 0 Å². The summed E-state index contributed by atoms with van der Waals surface area (Å²) in [5, 5.41) is 4.56. The zero-order chi connectivity index (χ0) is 13.5. The van der Waals surface area contributed by atoms with E-state index in [4.69, 9.17) is 5.73 Å². The Morgan fingerprint density at radius 1 is 1.33 bits per heavy atom. The molecular formula is C13H21N5. The molecule has 18 heavy (non-hydrogen) atoms. The molecule has 0 aliphatic rings. The number of aromatic nitrogens is 4. The maximum absolute atomic E-state index is 5.88. The molecule has 0 radical (unpaired) electrons. The topological polar surface area (TPSA) is 61.7 Å². The van der Waals surface area contributed by atoms with Crippen LogP contribution in [-0.4, -0.2) is 19.3 Å². The molecule has 0 atom stereocenters. The van der Waals surface area contributed by atoms with Gasteiger partial charge < -0.3 is 10.3 Å². The summed E-state index contributed by atoms with van der Waals surface area (Å²) in [7, 11) is 1.95. The van der Waals surface area contributed by atoms with Crippen molar-refractivity contribution >= 4 is 5.95 Å². The molecule has 0 bridgehead atoms. The Morgan fingerprint density at radius 2 is 2.00 bits per heavy atom. The van der Waals surface area contributed by atoms with Gasteiger partial charge in [-0.3, -0.25) is 4.68 Å². The lowest BCUT2D eigenvalue weighted by atomic mass is 9.89. The highest BCUT2D eigenvalue weighted by Gasteiger charge is 2.22. The molecule has 2 aromatic rings. The third-order valence-electron chi connectivity index (χ3n) is 3.03. The van der Waals surface area contributed by atoms with Gasteiger partial charge in [-0.2, -0.15) is 5.10 Å². The van der Waals surface area contributed by atoms with E-state index < -0.39 is 0 Å². The van der Waals surface area contributed by atoms with Crippen molar-refractivity contribution in [3.63, 3.8) is 0 Å². The van der Waals surface area contributed by atoms with Crippen molar-refractivity contribution in [1.82, 2.24) is 19.3 Å². The molecule has 98 valence electrons. The molecule has 0 amide bonds. The van der Waals surface area contributed by atoms with E-state index in [1.165, 1.54) is 5.56 Å². The van der Waals surface area contributed by atoms with Gasteiger partial charge in [-0.05, 0) is 6.92 Å². The van der Waals surface area contributed by atoms with Crippen LogP contribution in [0.15, 0.2) is 12.4 Å². The van der Waals surface area contributed by atoms with Crippen LogP contribution < -0.4 is 5.73 Å². The Kier molecular flexibility index (Phi) is 2.92. The summed E-state index contributed by atoms with van der Waals surface area (Å²) in [6, 6.07) is 0. The Hall–Kier alpha value is -1.78. The highest BCUT2D eigenvalue weighted by Crippen LogP contribution is 2.25. The van der Waals surface area contributed by atoms with E-state index in [0.29, 0.717) is 5.95 Å². The lowest BCUT2D eigenvalue weighted by Crippen LogP contribution is -2.16. The molecular weight excluding hydrogens is 226 g/mol. The van der Waals surface area contributed by atoms with Gasteiger partial charge in [-0.25, -0.2) is 4.98 Å². The van der Waals surface area contributed by atoms with E-state index in [0.717, 1.165) is 17.9 Å². The number of rotatable bonds is 2. The van der Waals surface area contributed by atoms with Crippen LogP contribution >= 0.6 is 0 Å². The van der Waals surface area contributed by atoms with Crippen LogP contribution in [0.3, 0.4) is 0 Å². The summed E-state index contributed by atoms with van der Waals surface area (Å²) in [6.45, 7) is 9.24. The van der Waals surface area contributed by atoms with Crippen molar-refractivity contribution in [2.45, 2.75) is 39.7 Å². The third-order valence-corrected chi connectivity index (χ3v) is 3.03. The number of imidazole rings is 1. The Bertz CT molecular complexity index is 537. The first kappa shape index (κ1) is 12.7. The molecule has 0 unspecified atom stereocenters. The van der Waals surface area contributed by atoms with Crippen molar-refractivity contribution < 1.29 is 0 Å². The van der Waals surface area contributed by atoms with Crippen molar-refractivity contribution in [1.29, 1.82) is 0 Å². The molecule has 5 nitrogen and oxygen atoms in total. The second kappa shape index (κ2) is 4.15. The predicted molar refractivity (Wildman–Crippen MR) is 72.4 cm³/mol. The minimum atomic E-state index is 0.0276. The molecule has 2 aromatic heterocycles. The Morgan fingerprint density at radius 3 is 2.50 bits per heavy atom. The molecule has 5 heteroatoms. The fourth-order valence-corrected chi connectivity index (χ4v) is 2.14. The molecule has 0 spiro atoms. The van der Waals surface area contributed by atoms with Crippen LogP contribution in [-0.2, 0) is 19.0 Å². The first-order chi connectivity index (χ1) is 8.29. The van der Waals surface area contributed by atoms with Gasteiger partial charge in [-0.15, -0.1) is 0 Å². The predicted octanol–water partition coefficient (Wildman–Crippen LogP) is 1.85. The van der Waals surface area contributed by atoms with Crippen LogP contribution in [0.5, 0.6) is 0 Å². The summed E-state index contributed by atoms with van der Waals surface area (Å²) in [5.74, 6) is 0.552. The molecule has 0 saturated heterocycles. The molecule has 2 heterocycles. The second-order valence-corrected chi connectivity index (χ2v) is 5.77. The van der Waals surface area contributed by atoms with E-state index in [1.807, 2.05) is 23.2 Å². The van der Waals surface area contributed by atoms with Gasteiger partial charge in [-0.1, -0.05) is 20.8 Å². The Labute approximate surface area is 108 Å². The maximum atomic E-state index is 5.88. The van der Waals surface area contributed by atoms with E-state index >= 15 is 0 Å². The van der Waals surface area contributed by atoms with Crippen LogP contribution in [0.25, 0.3) is 0 Å². The van der Waals surface area contributed by atoms with Crippen LogP contribution in [0.4, 0.5) is 5.95 Å². The first-order valence-corrected chi connectivity index (χ1v) is 6.09. The molecule has 0 aliphatic carbocycles. The number of anilines is 1. The third kappa shape index (κ3) is 2.25. The number of nitrogens with two attached hydrogens (primary N) is 1. The number of nitrogen functional groups attached to an aromatic ring is 1. The number of aryl methyl sites for hydroxylation is 2. The van der Waals surface area contributed by atoms with Crippen molar-refractivity contribution in [2.75, 3.05) is 5.73 Å². The normalized spacial score (nSPS) is 12.1. The van der Waals surface area contributed by atoms with Crippen molar-refractivity contribution in [2.24, 2.45) is 7.05 Å². The highest BCUT2D eigenvalue weighted by molar-refractivity contribution is 5.29. The quantitative estimate of drug-likeness (QED) is 0.881. The Balaban J connectivity index is 2.41. The fourth-order valence-electron chi connectivity index (χ4n) is 2.14. The van der Waals surface area contributed by atoms with Gasteiger partial charge in [0.25, 0.3) is 0 Å². The van der Waals surface area contributed by atoms with E-state index in [1.54, 1.807) is 6.20 Å². The van der Waals surface area contributed by atoms with Crippen LogP contribution in [0.1, 0.15) is 37.7 Å². The molecule has 2 rings (SSSR count). The summed E-state index contributed by atoms with van der Waals surface area (Å²) in [5.41, 5.74) is 9.27. The minimum absolute atomic E-state index is 0.0276. The molecule has 2 N–H and O–H groups in total. The number of hydrogen-bond acceptors (Lipinski definition) is 3. The smallest absolute Gasteiger partial charge is 0.200 e. The van der Waals surface area contributed by atoms with E-state index in [9.17, 15) is 0 Å². The van der Waals surface area contributed by atoms with E-state index in [-0.39, 0.29) is 5.41 Å². The zero-order valence-electron chi connectivity index (χ0n) is 11.7. The minimum Gasteiger partial charge on any atom is -0.369 e. The lowest BCUT2D eigenvalue weighted by molar-refractivity contribution is 0.545. The average Bonchev–Trinajstić information content (AvgIpc) is 2.75. The average molecular weight is 247 g/mol. The molecule has 0 aliphatic heterocycles. The van der Waals surface area contributed by atoms with Gasteiger partial charge in [0.2, 0.25) is 5.95 Å². The summed E-state index contributed by atoms with van der Waals surface area (Å²) in [4.78, 5) is 4.12. The molecule has 0 fully saturated rings. The summed E-state index contributed by atoms with van der Waals surface area (Å²) in [6.07, 6.45) is 3.85. The van der Waals surface area contributed by atoms with Gasteiger partial charge in [0.05, 0.1) is 18.4 Å². The van der Waals surface area contributed by atoms with Crippen molar-refractivity contribution in [3.05, 3.63) is 29.3 Å². The van der Waals surface area contributed by atoms with Gasteiger partial charge in [0, 0.05) is 29.9 Å². The van der Waals surface area contributed by atoms with Gasteiger partial charge in [0.15, 0.2) is 0 Å². The van der Waals surface area contributed by atoms with E-state index in [2.05, 4.69) is 37.1 Å². The summed E-state index contributed by atoms with van der Waals surface area (Å²) < 4.78 is 3.87. The maximum Gasteiger partial charge on any atom is 0.200 e. The van der Waals surface area contributed by atoms with Crippen LogP contribution in [0.2, 0.25) is 0 Å². The highest BCUT2D eigenvalue weighted by atomic mass is 15.3. The lowest BCUT2D eigenvalue weighted by Gasteiger charge is -2.18. The zero-order valence-corrected chi connectivity index (χ0v) is 11.7. The van der Waals surface area contributed by atoms with Gasteiger partial charge in [0.1, 0.15) is 0 Å². The number of nitrogens with zero attached hydrogens (tertiary/aromatic N) is 4. The molecule has 0 aromatic carbocycles. The van der Waals surface area contributed by atoms with Gasteiger partial charge >= 0.3 is 0 Å². The standard InChI is InChI=1S/C13H21N5/c1-9-6-15-12(14)18(9)8-10-7-17(5)16-11(10)13(2,3)4/h6-7H,8H2,1-5H3,(H2,14,15).